The van der Waals surface area contributed by atoms with Crippen molar-refractivity contribution in [2.24, 2.45) is 5.41 Å². The van der Waals surface area contributed by atoms with Gasteiger partial charge in [0.2, 0.25) is 0 Å². The number of nitrogens with one attached hydrogen (secondary N) is 1. The lowest BCUT2D eigenvalue weighted by Crippen LogP contribution is -2.32. The van der Waals surface area contributed by atoms with Crippen LogP contribution in [0.25, 0.3) is 5.78 Å². The minimum absolute atomic E-state index is 0.115. The number of fused-ring (bicyclic) bond motifs is 6. The molecule has 2 aromatic heterocycles. The van der Waals surface area contributed by atoms with Crippen LogP contribution in [0.2, 0.25) is 0 Å². The van der Waals surface area contributed by atoms with Crippen LogP contribution in [0.1, 0.15) is 50.8 Å². The zero-order valence-electron chi connectivity index (χ0n) is 10.8. The Balaban J connectivity index is 2.12. The van der Waals surface area contributed by atoms with Crippen LogP contribution >= 0.6 is 0 Å². The van der Waals surface area contributed by atoms with Crippen LogP contribution in [0.4, 0.5) is 0 Å². The summed E-state index contributed by atoms with van der Waals surface area (Å²) in [5.74, 6) is 1.000. The smallest absolute Gasteiger partial charge is 0.246 e. The number of hydrogen-bond donors (Lipinski definition) is 1. The Bertz CT molecular complexity index is 726. The summed E-state index contributed by atoms with van der Waals surface area (Å²) in [6, 6.07) is 0. The van der Waals surface area contributed by atoms with Crippen LogP contribution < -0.4 is 5.69 Å². The Hall–Kier alpha value is -1.65. The van der Waals surface area contributed by atoms with Crippen molar-refractivity contribution in [1.29, 1.82) is 0 Å². The number of aromatic nitrogens is 4. The van der Waals surface area contributed by atoms with Gasteiger partial charge in [-0.25, -0.2) is 19.3 Å². The fourth-order valence-corrected chi connectivity index (χ4v) is 4.02. The molecule has 0 aromatic carbocycles. The van der Waals surface area contributed by atoms with E-state index in [0.29, 0.717) is 11.7 Å². The van der Waals surface area contributed by atoms with Crippen molar-refractivity contribution in [3.8, 4) is 0 Å². The highest BCUT2D eigenvalue weighted by Crippen LogP contribution is 2.66. The Morgan fingerprint density at radius 3 is 3.00 bits per heavy atom. The molecule has 2 bridgehead atoms. The van der Waals surface area contributed by atoms with E-state index in [1.165, 1.54) is 22.8 Å². The minimum Gasteiger partial charge on any atom is -0.246 e. The summed E-state index contributed by atoms with van der Waals surface area (Å²) in [6.45, 7) is 6.94. The summed E-state index contributed by atoms with van der Waals surface area (Å²) >= 11 is 0. The third-order valence-electron chi connectivity index (χ3n) is 5.56. The summed E-state index contributed by atoms with van der Waals surface area (Å²) in [4.78, 5) is 16.3. The van der Waals surface area contributed by atoms with E-state index in [1.807, 2.05) is 6.20 Å². The average Bonchev–Trinajstić information content (AvgIpc) is 2.84. The molecule has 2 aromatic rings. The number of H-pyrrole nitrogens is 1. The molecule has 4 rings (SSSR count). The summed E-state index contributed by atoms with van der Waals surface area (Å²) in [6.07, 6.45) is 4.31. The number of nitrogens with zero attached hydrogens (tertiary/aromatic N) is 3. The van der Waals surface area contributed by atoms with E-state index >= 15 is 0 Å². The molecular formula is C13H16N4O. The molecule has 2 atom stereocenters. The average molecular weight is 244 g/mol. The maximum absolute atomic E-state index is 11.6. The van der Waals surface area contributed by atoms with Crippen LogP contribution in [-0.4, -0.2) is 19.6 Å². The van der Waals surface area contributed by atoms with E-state index in [-0.39, 0.29) is 16.5 Å². The second-order valence-corrected chi connectivity index (χ2v) is 6.39. The van der Waals surface area contributed by atoms with Gasteiger partial charge in [-0.15, -0.1) is 5.10 Å². The third kappa shape index (κ3) is 0.866. The quantitative estimate of drug-likeness (QED) is 0.765. The van der Waals surface area contributed by atoms with E-state index in [0.717, 1.165) is 5.69 Å². The zero-order chi connectivity index (χ0) is 12.7. The molecule has 2 heterocycles. The molecule has 0 unspecified atom stereocenters. The van der Waals surface area contributed by atoms with E-state index in [2.05, 4.69) is 36.0 Å². The molecule has 5 nitrogen and oxygen atoms in total. The summed E-state index contributed by atoms with van der Waals surface area (Å²) < 4.78 is 1.53. The Kier molecular flexibility index (Phi) is 1.53. The predicted octanol–water partition coefficient (Wildman–Crippen LogP) is 1.59. The van der Waals surface area contributed by atoms with E-state index in [1.54, 1.807) is 0 Å². The molecular weight excluding hydrogens is 228 g/mol. The third-order valence-corrected chi connectivity index (χ3v) is 5.56. The SMILES string of the molecule is CC1(C)[C@@H]2CC[C@@]1(C)c1nc3n[nH]c(=O)n3cc12. The van der Waals surface area contributed by atoms with Gasteiger partial charge >= 0.3 is 5.69 Å². The van der Waals surface area contributed by atoms with Crippen molar-refractivity contribution in [2.45, 2.75) is 44.9 Å². The molecule has 1 saturated carbocycles. The zero-order valence-corrected chi connectivity index (χ0v) is 10.8. The van der Waals surface area contributed by atoms with Crippen LogP contribution in [0.5, 0.6) is 0 Å². The Morgan fingerprint density at radius 1 is 1.44 bits per heavy atom. The normalized spacial score (nSPS) is 32.1. The van der Waals surface area contributed by atoms with Crippen LogP contribution in [0, 0.1) is 5.41 Å². The molecule has 0 amide bonds. The first-order valence-corrected chi connectivity index (χ1v) is 6.43. The fourth-order valence-electron chi connectivity index (χ4n) is 4.02. The molecule has 0 spiro atoms. The fraction of sp³-hybridized carbons (Fsp3) is 0.615. The second kappa shape index (κ2) is 2.68. The van der Waals surface area contributed by atoms with E-state index < -0.39 is 0 Å². The van der Waals surface area contributed by atoms with Gasteiger partial charge in [-0.2, -0.15) is 0 Å². The molecule has 94 valence electrons. The number of aromatic amines is 1. The van der Waals surface area contributed by atoms with Crippen molar-refractivity contribution in [3.63, 3.8) is 0 Å². The first-order valence-electron chi connectivity index (χ1n) is 6.43. The van der Waals surface area contributed by atoms with Crippen molar-refractivity contribution in [2.75, 3.05) is 0 Å². The highest BCUT2D eigenvalue weighted by atomic mass is 16.1. The minimum atomic E-state index is -0.203. The van der Waals surface area contributed by atoms with Gasteiger partial charge in [0.15, 0.2) is 0 Å². The standard InChI is InChI=1S/C13H16N4O/c1-12(2)8-4-5-13(12,3)9-7(8)6-17-10(14-9)15-16-11(17)18/h6,8H,4-5H2,1-3H3,(H,16,18)/t8-,13+/m1/s1. The maximum Gasteiger partial charge on any atom is 0.348 e. The summed E-state index contributed by atoms with van der Waals surface area (Å²) in [7, 11) is 0. The lowest BCUT2D eigenvalue weighted by molar-refractivity contribution is 0.227. The molecule has 5 heteroatoms. The Morgan fingerprint density at radius 2 is 2.22 bits per heavy atom. The van der Waals surface area contributed by atoms with Crippen LogP contribution in [-0.2, 0) is 5.41 Å². The second-order valence-electron chi connectivity index (χ2n) is 6.39. The van der Waals surface area contributed by atoms with Crippen molar-refractivity contribution in [3.05, 3.63) is 27.9 Å². The van der Waals surface area contributed by atoms with Gasteiger partial charge in [0.25, 0.3) is 5.78 Å². The van der Waals surface area contributed by atoms with E-state index in [9.17, 15) is 4.79 Å². The molecule has 2 aliphatic rings. The highest BCUT2D eigenvalue weighted by molar-refractivity contribution is 5.47. The molecule has 1 fully saturated rings. The Labute approximate surface area is 104 Å². The number of hydrogen-bond acceptors (Lipinski definition) is 3. The van der Waals surface area contributed by atoms with Crippen molar-refractivity contribution in [1.82, 2.24) is 19.6 Å². The molecule has 0 radical (unpaired) electrons. The van der Waals surface area contributed by atoms with E-state index in [4.69, 9.17) is 0 Å². The lowest BCUT2D eigenvalue weighted by Gasteiger charge is -2.34. The van der Waals surface area contributed by atoms with Gasteiger partial charge in [-0.05, 0) is 29.7 Å². The van der Waals surface area contributed by atoms with Gasteiger partial charge in [-0.3, -0.25) is 0 Å². The van der Waals surface area contributed by atoms with Crippen molar-refractivity contribution >= 4 is 5.78 Å². The first kappa shape index (κ1) is 10.3. The molecule has 1 N–H and O–H groups in total. The predicted molar refractivity (Wildman–Crippen MR) is 66.7 cm³/mol. The summed E-state index contributed by atoms with van der Waals surface area (Å²) in [5.41, 5.74) is 2.52. The lowest BCUT2D eigenvalue weighted by atomic mass is 9.70. The molecule has 18 heavy (non-hydrogen) atoms. The first-order chi connectivity index (χ1) is 8.45. The van der Waals surface area contributed by atoms with Gasteiger partial charge in [0, 0.05) is 11.6 Å². The van der Waals surface area contributed by atoms with Crippen molar-refractivity contribution < 1.29 is 0 Å². The monoisotopic (exact) mass is 244 g/mol. The molecule has 0 aliphatic heterocycles. The van der Waals surface area contributed by atoms with Gasteiger partial charge < -0.3 is 0 Å². The largest absolute Gasteiger partial charge is 0.348 e. The van der Waals surface area contributed by atoms with Crippen LogP contribution in [0.3, 0.4) is 0 Å². The van der Waals surface area contributed by atoms with Crippen LogP contribution in [0.15, 0.2) is 11.0 Å². The summed E-state index contributed by atoms with van der Waals surface area (Å²) in [5, 5.41) is 6.43. The van der Waals surface area contributed by atoms with Gasteiger partial charge in [0.1, 0.15) is 0 Å². The van der Waals surface area contributed by atoms with Gasteiger partial charge in [-0.1, -0.05) is 20.8 Å². The number of rotatable bonds is 0. The topological polar surface area (TPSA) is 63.0 Å². The molecule has 0 saturated heterocycles. The van der Waals surface area contributed by atoms with Gasteiger partial charge in [0.05, 0.1) is 5.69 Å². The molecule has 2 aliphatic carbocycles. The maximum atomic E-state index is 11.6. The highest BCUT2D eigenvalue weighted by Gasteiger charge is 2.60.